The summed E-state index contributed by atoms with van der Waals surface area (Å²) in [6.45, 7) is 3.66. The molecule has 0 bridgehead atoms. The van der Waals surface area contributed by atoms with E-state index in [0.717, 1.165) is 6.07 Å². The first-order valence-electron chi connectivity index (χ1n) is 5.93. The van der Waals surface area contributed by atoms with Gasteiger partial charge in [-0.3, -0.25) is 4.79 Å². The minimum Gasteiger partial charge on any atom is -0.392 e. The second kappa shape index (κ2) is 6.30. The fraction of sp³-hybridized carbons (Fsp3) is 0.385. The Labute approximate surface area is 122 Å². The summed E-state index contributed by atoms with van der Waals surface area (Å²) in [5.74, 6) is -0.842. The van der Waals surface area contributed by atoms with Crippen molar-refractivity contribution in [1.29, 1.82) is 0 Å². The average molecular weight is 303 g/mol. The molecule has 0 fully saturated rings. The van der Waals surface area contributed by atoms with Gasteiger partial charge in [0.25, 0.3) is 0 Å². The molecular formula is C13H16ClFN2OS. The fourth-order valence-corrected chi connectivity index (χ4v) is 2.41. The molecule has 0 saturated carbocycles. The number of hydrogen-bond acceptors (Lipinski definition) is 2. The highest BCUT2D eigenvalue weighted by Crippen LogP contribution is 2.31. The first-order chi connectivity index (χ1) is 8.87. The van der Waals surface area contributed by atoms with Crippen molar-refractivity contribution in [1.82, 2.24) is 0 Å². The quantitative estimate of drug-likeness (QED) is 0.818. The summed E-state index contributed by atoms with van der Waals surface area (Å²) in [4.78, 5) is 12.5. The summed E-state index contributed by atoms with van der Waals surface area (Å²) in [5.41, 5.74) is 4.96. The third-order valence-electron chi connectivity index (χ3n) is 3.29. The third kappa shape index (κ3) is 3.22. The lowest BCUT2D eigenvalue weighted by Gasteiger charge is -2.29. The lowest BCUT2D eigenvalue weighted by molar-refractivity contribution is -0.122. The molecule has 0 aromatic heterocycles. The van der Waals surface area contributed by atoms with Crippen LogP contribution in [0.5, 0.6) is 0 Å². The fourth-order valence-electron chi connectivity index (χ4n) is 1.87. The maximum Gasteiger partial charge on any atom is 0.237 e. The summed E-state index contributed by atoms with van der Waals surface area (Å²) >= 11 is 10.9. The van der Waals surface area contributed by atoms with Crippen LogP contribution in [0, 0.1) is 11.2 Å². The first-order valence-corrected chi connectivity index (χ1v) is 6.72. The molecule has 3 N–H and O–H groups in total. The van der Waals surface area contributed by atoms with Crippen LogP contribution in [0.4, 0.5) is 10.1 Å². The van der Waals surface area contributed by atoms with E-state index in [1.54, 1.807) is 0 Å². The standard InChI is InChI=1S/C13H16ClFN2OS/c1-3-13(4-2,11(16)19)12(18)17-10-7-8(15)5-6-9(10)14/h5-7H,3-4H2,1-2H3,(H2,16,19)(H,17,18). The zero-order valence-corrected chi connectivity index (χ0v) is 12.4. The second-order valence-electron chi connectivity index (χ2n) is 4.23. The van der Waals surface area contributed by atoms with Gasteiger partial charge in [-0.05, 0) is 31.0 Å². The molecule has 0 spiro atoms. The molecule has 1 aromatic carbocycles. The Kier molecular flexibility index (Phi) is 5.26. The molecule has 0 unspecified atom stereocenters. The molecule has 0 heterocycles. The zero-order valence-electron chi connectivity index (χ0n) is 10.8. The monoisotopic (exact) mass is 302 g/mol. The van der Waals surface area contributed by atoms with Crippen LogP contribution in [-0.4, -0.2) is 10.9 Å². The molecule has 1 amide bonds. The lowest BCUT2D eigenvalue weighted by Crippen LogP contribution is -2.45. The number of halogens is 2. The number of benzene rings is 1. The first kappa shape index (κ1) is 15.9. The van der Waals surface area contributed by atoms with E-state index >= 15 is 0 Å². The van der Waals surface area contributed by atoms with Crippen molar-refractivity contribution in [3.05, 3.63) is 29.0 Å². The number of rotatable bonds is 5. The van der Waals surface area contributed by atoms with E-state index < -0.39 is 11.2 Å². The highest BCUT2D eigenvalue weighted by Gasteiger charge is 2.38. The van der Waals surface area contributed by atoms with Crippen molar-refractivity contribution in [3.63, 3.8) is 0 Å². The minimum atomic E-state index is -0.940. The Bertz CT molecular complexity index is 503. The number of nitrogens with two attached hydrogens (primary N) is 1. The molecule has 1 rings (SSSR count). The summed E-state index contributed by atoms with van der Waals surface area (Å²) in [6.07, 6.45) is 0.940. The number of carbonyl (C=O) groups is 1. The molecule has 6 heteroatoms. The second-order valence-corrected chi connectivity index (χ2v) is 5.08. The van der Waals surface area contributed by atoms with Gasteiger partial charge in [0.2, 0.25) is 5.91 Å². The van der Waals surface area contributed by atoms with Gasteiger partial charge in [-0.25, -0.2) is 4.39 Å². The number of amides is 1. The van der Waals surface area contributed by atoms with Crippen LogP contribution in [-0.2, 0) is 4.79 Å². The zero-order chi connectivity index (χ0) is 14.6. The van der Waals surface area contributed by atoms with Gasteiger partial charge >= 0.3 is 0 Å². The predicted molar refractivity (Wildman–Crippen MR) is 79.8 cm³/mol. The van der Waals surface area contributed by atoms with Gasteiger partial charge in [-0.15, -0.1) is 0 Å². The Balaban J connectivity index is 3.07. The predicted octanol–water partition coefficient (Wildman–Crippen LogP) is 3.51. The Morgan fingerprint density at radius 1 is 1.47 bits per heavy atom. The number of nitrogens with one attached hydrogen (secondary N) is 1. The van der Waals surface area contributed by atoms with E-state index in [-0.39, 0.29) is 21.6 Å². The Morgan fingerprint density at radius 2 is 2.05 bits per heavy atom. The largest absolute Gasteiger partial charge is 0.392 e. The van der Waals surface area contributed by atoms with Crippen molar-refractivity contribution in [2.75, 3.05) is 5.32 Å². The molecule has 0 aliphatic rings. The van der Waals surface area contributed by atoms with Crippen molar-refractivity contribution >= 4 is 40.4 Å². The highest BCUT2D eigenvalue weighted by atomic mass is 35.5. The van der Waals surface area contributed by atoms with E-state index in [4.69, 9.17) is 29.6 Å². The summed E-state index contributed by atoms with van der Waals surface area (Å²) in [7, 11) is 0. The number of thiocarbonyl (C=S) groups is 1. The molecule has 0 atom stereocenters. The Morgan fingerprint density at radius 3 is 2.53 bits per heavy atom. The summed E-state index contributed by atoms with van der Waals surface area (Å²) in [6, 6.07) is 3.77. The highest BCUT2D eigenvalue weighted by molar-refractivity contribution is 7.80. The van der Waals surface area contributed by atoms with Crippen LogP contribution in [0.25, 0.3) is 0 Å². The summed E-state index contributed by atoms with van der Waals surface area (Å²) in [5, 5.41) is 2.86. The van der Waals surface area contributed by atoms with Crippen LogP contribution < -0.4 is 11.1 Å². The molecule has 1 aromatic rings. The maximum absolute atomic E-state index is 13.2. The molecule has 0 aliphatic heterocycles. The molecule has 0 saturated heterocycles. The van der Waals surface area contributed by atoms with Crippen molar-refractivity contribution in [2.45, 2.75) is 26.7 Å². The van der Waals surface area contributed by atoms with E-state index in [1.807, 2.05) is 13.8 Å². The van der Waals surface area contributed by atoms with Crippen LogP contribution in [0.1, 0.15) is 26.7 Å². The minimum absolute atomic E-state index is 0.127. The van der Waals surface area contributed by atoms with E-state index in [9.17, 15) is 9.18 Å². The SMILES string of the molecule is CCC(CC)(C(=O)Nc1cc(F)ccc1Cl)C(N)=S. The molecular weight excluding hydrogens is 287 g/mol. The lowest BCUT2D eigenvalue weighted by atomic mass is 9.81. The van der Waals surface area contributed by atoms with Gasteiger partial charge in [0.15, 0.2) is 0 Å². The molecule has 19 heavy (non-hydrogen) atoms. The van der Waals surface area contributed by atoms with E-state index in [0.29, 0.717) is 12.8 Å². The topological polar surface area (TPSA) is 55.1 Å². The molecule has 0 radical (unpaired) electrons. The van der Waals surface area contributed by atoms with Crippen molar-refractivity contribution < 1.29 is 9.18 Å². The van der Waals surface area contributed by atoms with Crippen molar-refractivity contribution in [2.24, 2.45) is 11.1 Å². The van der Waals surface area contributed by atoms with Gasteiger partial charge in [-0.2, -0.15) is 0 Å². The average Bonchev–Trinajstić information content (AvgIpc) is 2.35. The van der Waals surface area contributed by atoms with Crippen LogP contribution >= 0.6 is 23.8 Å². The van der Waals surface area contributed by atoms with Gasteiger partial charge in [0, 0.05) is 0 Å². The van der Waals surface area contributed by atoms with Gasteiger partial charge in [0.1, 0.15) is 5.82 Å². The number of anilines is 1. The normalized spacial score (nSPS) is 11.2. The number of carbonyl (C=O) groups excluding carboxylic acids is 1. The van der Waals surface area contributed by atoms with Gasteiger partial charge in [-0.1, -0.05) is 37.7 Å². The molecule has 3 nitrogen and oxygen atoms in total. The molecule has 0 aliphatic carbocycles. The van der Waals surface area contributed by atoms with Crippen LogP contribution in [0.15, 0.2) is 18.2 Å². The van der Waals surface area contributed by atoms with E-state index in [1.165, 1.54) is 12.1 Å². The van der Waals surface area contributed by atoms with Gasteiger partial charge < -0.3 is 11.1 Å². The summed E-state index contributed by atoms with van der Waals surface area (Å²) < 4.78 is 13.2. The third-order valence-corrected chi connectivity index (χ3v) is 4.01. The van der Waals surface area contributed by atoms with Crippen molar-refractivity contribution in [3.8, 4) is 0 Å². The van der Waals surface area contributed by atoms with Gasteiger partial charge in [0.05, 0.1) is 21.1 Å². The number of hydrogen-bond donors (Lipinski definition) is 2. The van der Waals surface area contributed by atoms with E-state index in [2.05, 4.69) is 5.32 Å². The smallest absolute Gasteiger partial charge is 0.237 e. The van der Waals surface area contributed by atoms with Crippen LogP contribution in [0.3, 0.4) is 0 Å². The molecule has 104 valence electrons. The maximum atomic E-state index is 13.2. The van der Waals surface area contributed by atoms with Crippen LogP contribution in [0.2, 0.25) is 5.02 Å². The Hall–Kier alpha value is -1.20.